The van der Waals surface area contributed by atoms with E-state index in [4.69, 9.17) is 9.84 Å². The van der Waals surface area contributed by atoms with Gasteiger partial charge in [-0.15, -0.1) is 0 Å². The van der Waals surface area contributed by atoms with Crippen molar-refractivity contribution in [1.29, 1.82) is 0 Å². The van der Waals surface area contributed by atoms with Crippen molar-refractivity contribution >= 4 is 11.6 Å². The Morgan fingerprint density at radius 3 is 3.12 bits per heavy atom. The first-order chi connectivity index (χ1) is 8.22. The zero-order valence-electron chi connectivity index (χ0n) is 9.59. The number of carboxylic acid groups (broad SMARTS) is 1. The van der Waals surface area contributed by atoms with Crippen molar-refractivity contribution in [2.75, 3.05) is 6.61 Å². The molecule has 1 N–H and O–H groups in total. The maximum Gasteiger partial charge on any atom is 0.356 e. The third kappa shape index (κ3) is 2.38. The third-order valence-corrected chi connectivity index (χ3v) is 2.42. The Bertz CT molecular complexity index is 534. The fourth-order valence-electron chi connectivity index (χ4n) is 1.53. The summed E-state index contributed by atoms with van der Waals surface area (Å²) in [5, 5.41) is 8.87. The van der Waals surface area contributed by atoms with E-state index in [1.807, 2.05) is 6.07 Å². The van der Waals surface area contributed by atoms with Gasteiger partial charge in [0, 0.05) is 12.4 Å². The lowest BCUT2D eigenvalue weighted by Gasteiger charge is -2.05. The summed E-state index contributed by atoms with van der Waals surface area (Å²) in [4.78, 5) is 14.9. The molecule has 5 nitrogen and oxygen atoms in total. The van der Waals surface area contributed by atoms with Crippen LogP contribution in [0.5, 0.6) is 5.75 Å². The number of hydrogen-bond acceptors (Lipinski definition) is 3. The Kier molecular flexibility index (Phi) is 3.27. The summed E-state index contributed by atoms with van der Waals surface area (Å²) < 4.78 is 7.23. The van der Waals surface area contributed by atoms with Gasteiger partial charge in [-0.1, -0.05) is 13.3 Å². The molecule has 0 radical (unpaired) electrons. The summed E-state index contributed by atoms with van der Waals surface area (Å²) in [7, 11) is 0. The number of rotatable bonds is 5. The van der Waals surface area contributed by atoms with Gasteiger partial charge in [-0.05, 0) is 18.6 Å². The maximum atomic E-state index is 10.8. The van der Waals surface area contributed by atoms with Crippen LogP contribution in [0.25, 0.3) is 5.65 Å². The molecule has 0 atom stereocenters. The molecule has 0 fully saturated rings. The normalized spacial score (nSPS) is 10.6. The van der Waals surface area contributed by atoms with Crippen molar-refractivity contribution in [3.63, 3.8) is 0 Å². The number of hydrogen-bond donors (Lipinski definition) is 1. The third-order valence-electron chi connectivity index (χ3n) is 2.42. The number of unbranched alkanes of at least 4 members (excludes halogenated alkanes) is 1. The Hall–Kier alpha value is -2.04. The van der Waals surface area contributed by atoms with E-state index in [1.54, 1.807) is 16.7 Å². The Labute approximate surface area is 98.7 Å². The molecule has 2 rings (SSSR count). The molecule has 0 aliphatic carbocycles. The molecule has 0 saturated carbocycles. The zero-order valence-corrected chi connectivity index (χ0v) is 9.59. The molecule has 0 spiro atoms. The minimum absolute atomic E-state index is 0.0246. The van der Waals surface area contributed by atoms with Gasteiger partial charge in [0.1, 0.15) is 0 Å². The van der Waals surface area contributed by atoms with Gasteiger partial charge in [-0.3, -0.25) is 0 Å². The van der Waals surface area contributed by atoms with Crippen molar-refractivity contribution in [1.82, 2.24) is 9.38 Å². The first kappa shape index (κ1) is 11.4. The average Bonchev–Trinajstić information content (AvgIpc) is 2.74. The van der Waals surface area contributed by atoms with Crippen molar-refractivity contribution in [2.24, 2.45) is 0 Å². The van der Waals surface area contributed by atoms with Gasteiger partial charge < -0.3 is 14.2 Å². The number of aromatic carboxylic acids is 1. The molecular formula is C12H14N2O3. The lowest BCUT2D eigenvalue weighted by molar-refractivity contribution is 0.0691. The summed E-state index contributed by atoms with van der Waals surface area (Å²) in [5.74, 6) is -0.415. The average molecular weight is 234 g/mol. The predicted molar refractivity (Wildman–Crippen MR) is 62.6 cm³/mol. The quantitative estimate of drug-likeness (QED) is 0.805. The van der Waals surface area contributed by atoms with Gasteiger partial charge in [-0.2, -0.15) is 0 Å². The molecule has 17 heavy (non-hydrogen) atoms. The van der Waals surface area contributed by atoms with Crippen LogP contribution in [0, 0.1) is 0 Å². The number of ether oxygens (including phenoxy) is 1. The molecule has 0 saturated heterocycles. The van der Waals surface area contributed by atoms with Crippen LogP contribution < -0.4 is 4.74 Å². The molecule has 0 bridgehead atoms. The largest absolute Gasteiger partial charge is 0.490 e. The molecule has 0 aromatic carbocycles. The van der Waals surface area contributed by atoms with Gasteiger partial charge >= 0.3 is 5.97 Å². The molecule has 0 aliphatic rings. The standard InChI is InChI=1S/C12H14N2O3/c1-2-3-7-17-10-5-4-6-14-8-9(12(15)16)13-11(10)14/h4-6,8H,2-3,7H2,1H3,(H,15,16). The molecule has 90 valence electrons. The first-order valence-corrected chi connectivity index (χ1v) is 5.56. The number of imidazole rings is 1. The van der Waals surface area contributed by atoms with E-state index in [2.05, 4.69) is 11.9 Å². The number of carbonyl (C=O) groups is 1. The van der Waals surface area contributed by atoms with E-state index in [0.717, 1.165) is 12.8 Å². The number of fused-ring (bicyclic) bond motifs is 1. The van der Waals surface area contributed by atoms with Gasteiger partial charge in [0.2, 0.25) is 0 Å². The second kappa shape index (κ2) is 4.86. The van der Waals surface area contributed by atoms with Crippen molar-refractivity contribution in [3.8, 4) is 5.75 Å². The molecule has 0 amide bonds. The first-order valence-electron chi connectivity index (χ1n) is 5.56. The van der Waals surface area contributed by atoms with Gasteiger partial charge in [0.15, 0.2) is 17.1 Å². The molecule has 2 aromatic heterocycles. The fourth-order valence-corrected chi connectivity index (χ4v) is 1.53. The van der Waals surface area contributed by atoms with Crippen molar-refractivity contribution in [2.45, 2.75) is 19.8 Å². The van der Waals surface area contributed by atoms with Gasteiger partial charge in [0.05, 0.1) is 6.61 Å². The predicted octanol–water partition coefficient (Wildman–Crippen LogP) is 2.21. The van der Waals surface area contributed by atoms with Crippen molar-refractivity contribution < 1.29 is 14.6 Å². The summed E-state index contributed by atoms with van der Waals surface area (Å²) in [6, 6.07) is 3.60. The second-order valence-electron chi connectivity index (χ2n) is 3.74. The van der Waals surface area contributed by atoms with Crippen LogP contribution in [-0.4, -0.2) is 27.1 Å². The maximum absolute atomic E-state index is 10.8. The van der Waals surface area contributed by atoms with E-state index in [1.165, 1.54) is 6.20 Å². The minimum Gasteiger partial charge on any atom is -0.490 e. The topological polar surface area (TPSA) is 63.8 Å². The van der Waals surface area contributed by atoms with Crippen LogP contribution in [0.3, 0.4) is 0 Å². The number of aromatic nitrogens is 2. The van der Waals surface area contributed by atoms with E-state index in [-0.39, 0.29) is 5.69 Å². The zero-order chi connectivity index (χ0) is 12.3. The Balaban J connectivity index is 2.32. The van der Waals surface area contributed by atoms with Crippen LogP contribution in [-0.2, 0) is 0 Å². The van der Waals surface area contributed by atoms with Crippen LogP contribution in [0.2, 0.25) is 0 Å². The van der Waals surface area contributed by atoms with Crippen LogP contribution in [0.15, 0.2) is 24.5 Å². The number of carboxylic acids is 1. The highest BCUT2D eigenvalue weighted by Gasteiger charge is 2.11. The highest BCUT2D eigenvalue weighted by Crippen LogP contribution is 2.19. The smallest absolute Gasteiger partial charge is 0.356 e. The monoisotopic (exact) mass is 234 g/mol. The molecular weight excluding hydrogens is 220 g/mol. The van der Waals surface area contributed by atoms with E-state index < -0.39 is 5.97 Å². The van der Waals surface area contributed by atoms with E-state index in [0.29, 0.717) is 18.0 Å². The van der Waals surface area contributed by atoms with Crippen LogP contribution in [0.1, 0.15) is 30.3 Å². The second-order valence-corrected chi connectivity index (χ2v) is 3.74. The summed E-state index contributed by atoms with van der Waals surface area (Å²) in [6.07, 6.45) is 5.25. The molecule has 0 unspecified atom stereocenters. The minimum atomic E-state index is -1.03. The number of nitrogens with zero attached hydrogens (tertiary/aromatic N) is 2. The van der Waals surface area contributed by atoms with Gasteiger partial charge in [0.25, 0.3) is 0 Å². The van der Waals surface area contributed by atoms with Gasteiger partial charge in [-0.25, -0.2) is 9.78 Å². The lowest BCUT2D eigenvalue weighted by atomic mass is 10.3. The Morgan fingerprint density at radius 2 is 2.41 bits per heavy atom. The van der Waals surface area contributed by atoms with Crippen LogP contribution >= 0.6 is 0 Å². The molecule has 2 aromatic rings. The summed E-state index contributed by atoms with van der Waals surface area (Å²) in [6.45, 7) is 2.70. The Morgan fingerprint density at radius 1 is 1.59 bits per heavy atom. The molecule has 0 aliphatic heterocycles. The number of pyridine rings is 1. The lowest BCUT2D eigenvalue weighted by Crippen LogP contribution is -1.98. The van der Waals surface area contributed by atoms with Crippen LogP contribution in [0.4, 0.5) is 0 Å². The fraction of sp³-hybridized carbons (Fsp3) is 0.333. The summed E-state index contributed by atoms with van der Waals surface area (Å²) in [5.41, 5.74) is 0.567. The van der Waals surface area contributed by atoms with Crippen molar-refractivity contribution in [3.05, 3.63) is 30.2 Å². The summed E-state index contributed by atoms with van der Waals surface area (Å²) >= 11 is 0. The molecule has 2 heterocycles. The highest BCUT2D eigenvalue weighted by molar-refractivity contribution is 5.86. The SMILES string of the molecule is CCCCOc1cccn2cc(C(=O)O)nc12. The van der Waals surface area contributed by atoms with E-state index in [9.17, 15) is 4.79 Å². The van der Waals surface area contributed by atoms with E-state index >= 15 is 0 Å². The highest BCUT2D eigenvalue weighted by atomic mass is 16.5. The molecule has 5 heteroatoms.